The third-order valence-corrected chi connectivity index (χ3v) is 2.56. The number of nitrogens with two attached hydrogens (primary N) is 1. The van der Waals surface area contributed by atoms with Crippen LogP contribution in [0.2, 0.25) is 0 Å². The Balaban J connectivity index is 3.28. The molecule has 0 aliphatic rings. The van der Waals surface area contributed by atoms with E-state index >= 15 is 0 Å². The van der Waals surface area contributed by atoms with E-state index in [0.717, 1.165) is 0 Å². The number of ether oxygens (including phenoxy) is 2. The van der Waals surface area contributed by atoms with Crippen LogP contribution in [0.3, 0.4) is 0 Å². The molecule has 6 heteroatoms. The number of halogens is 1. The SMILES string of the molecule is COc1cc(C(N)=O)cc(I)c1OC(C)=O. The largest absolute Gasteiger partial charge is 0.493 e. The quantitative estimate of drug-likeness (QED) is 0.513. The lowest BCUT2D eigenvalue weighted by Crippen LogP contribution is -2.12. The first kappa shape index (κ1) is 12.8. The van der Waals surface area contributed by atoms with Crippen LogP contribution in [0, 0.1) is 3.57 Å². The molecule has 0 saturated carbocycles. The number of methoxy groups -OCH3 is 1. The number of benzene rings is 1. The summed E-state index contributed by atoms with van der Waals surface area (Å²) < 4.78 is 10.6. The van der Waals surface area contributed by atoms with Crippen molar-refractivity contribution in [2.24, 2.45) is 5.73 Å². The molecule has 0 aliphatic carbocycles. The number of hydrogen-bond donors (Lipinski definition) is 1. The number of rotatable bonds is 3. The maximum Gasteiger partial charge on any atom is 0.308 e. The first-order valence-electron chi connectivity index (χ1n) is 4.31. The van der Waals surface area contributed by atoms with Gasteiger partial charge >= 0.3 is 5.97 Å². The standard InChI is InChI=1S/C10H10INO4/c1-5(13)16-9-7(11)3-6(10(12)14)4-8(9)15-2/h3-4H,1-2H3,(H2,12,14). The average Bonchev–Trinajstić information content (AvgIpc) is 2.19. The molecule has 0 aliphatic heterocycles. The Morgan fingerprint density at radius 3 is 2.44 bits per heavy atom. The zero-order valence-corrected chi connectivity index (χ0v) is 10.9. The summed E-state index contributed by atoms with van der Waals surface area (Å²) in [6, 6.07) is 2.96. The van der Waals surface area contributed by atoms with E-state index in [1.165, 1.54) is 26.2 Å². The number of carbonyl (C=O) groups is 2. The van der Waals surface area contributed by atoms with E-state index in [1.54, 1.807) is 0 Å². The highest BCUT2D eigenvalue weighted by Gasteiger charge is 2.15. The minimum atomic E-state index is -0.564. The molecule has 2 N–H and O–H groups in total. The van der Waals surface area contributed by atoms with Gasteiger partial charge in [0.2, 0.25) is 5.91 Å². The van der Waals surface area contributed by atoms with Crippen LogP contribution in [0.4, 0.5) is 0 Å². The Morgan fingerprint density at radius 2 is 2.00 bits per heavy atom. The van der Waals surface area contributed by atoms with Gasteiger partial charge in [0.05, 0.1) is 10.7 Å². The van der Waals surface area contributed by atoms with Crippen LogP contribution in [0.25, 0.3) is 0 Å². The second-order valence-electron chi connectivity index (χ2n) is 2.95. The van der Waals surface area contributed by atoms with Crippen molar-refractivity contribution in [3.8, 4) is 11.5 Å². The molecule has 0 aromatic heterocycles. The molecule has 1 aromatic carbocycles. The minimum absolute atomic E-state index is 0.292. The highest BCUT2D eigenvalue weighted by atomic mass is 127. The van der Waals surface area contributed by atoms with Gasteiger partial charge in [0.25, 0.3) is 0 Å². The Morgan fingerprint density at radius 1 is 1.38 bits per heavy atom. The molecular formula is C10H10INO4. The maximum atomic E-state index is 11.0. The van der Waals surface area contributed by atoms with Crippen molar-refractivity contribution in [3.05, 3.63) is 21.3 Å². The normalized spacial score (nSPS) is 9.69. The van der Waals surface area contributed by atoms with Gasteiger partial charge < -0.3 is 15.2 Å². The number of primary amides is 1. The van der Waals surface area contributed by atoms with Crippen LogP contribution < -0.4 is 15.2 Å². The molecule has 0 fully saturated rings. The summed E-state index contributed by atoms with van der Waals surface area (Å²) in [5.74, 6) is -0.426. The number of esters is 1. The zero-order valence-electron chi connectivity index (χ0n) is 8.74. The molecule has 0 unspecified atom stereocenters. The van der Waals surface area contributed by atoms with E-state index in [9.17, 15) is 9.59 Å². The van der Waals surface area contributed by atoms with Crippen molar-refractivity contribution in [2.45, 2.75) is 6.92 Å². The van der Waals surface area contributed by atoms with Gasteiger partial charge in [-0.05, 0) is 34.7 Å². The summed E-state index contributed by atoms with van der Waals surface area (Å²) in [6.45, 7) is 1.29. The predicted octanol–water partition coefficient (Wildman–Crippen LogP) is 1.32. The summed E-state index contributed by atoms with van der Waals surface area (Å²) in [5, 5.41) is 0. The number of carbonyl (C=O) groups excluding carboxylic acids is 2. The van der Waals surface area contributed by atoms with Crippen LogP contribution in [-0.2, 0) is 4.79 Å². The van der Waals surface area contributed by atoms with Gasteiger partial charge in [0, 0.05) is 12.5 Å². The summed E-state index contributed by atoms with van der Waals surface area (Å²) in [5.41, 5.74) is 5.45. The average molecular weight is 335 g/mol. The lowest BCUT2D eigenvalue weighted by atomic mass is 10.2. The molecule has 0 bridgehead atoms. The number of amides is 1. The Bertz CT molecular complexity index is 445. The van der Waals surface area contributed by atoms with Gasteiger partial charge in [-0.2, -0.15) is 0 Å². The van der Waals surface area contributed by atoms with Gasteiger partial charge in [-0.1, -0.05) is 0 Å². The maximum absolute atomic E-state index is 11.0. The molecule has 5 nitrogen and oxygen atoms in total. The Hall–Kier alpha value is -1.31. The zero-order chi connectivity index (χ0) is 12.3. The lowest BCUT2D eigenvalue weighted by molar-refractivity contribution is -0.132. The van der Waals surface area contributed by atoms with Gasteiger partial charge in [-0.3, -0.25) is 9.59 Å². The molecule has 0 saturated heterocycles. The summed E-state index contributed by atoms with van der Waals surface area (Å²) in [6.07, 6.45) is 0. The third-order valence-electron chi connectivity index (χ3n) is 1.76. The molecular weight excluding hydrogens is 325 g/mol. The topological polar surface area (TPSA) is 78.6 Å². The fourth-order valence-corrected chi connectivity index (χ4v) is 1.82. The van der Waals surface area contributed by atoms with Crippen LogP contribution in [0.15, 0.2) is 12.1 Å². The fraction of sp³-hybridized carbons (Fsp3) is 0.200. The highest BCUT2D eigenvalue weighted by molar-refractivity contribution is 14.1. The molecule has 0 atom stereocenters. The highest BCUT2D eigenvalue weighted by Crippen LogP contribution is 2.33. The lowest BCUT2D eigenvalue weighted by Gasteiger charge is -2.11. The Labute approximate surface area is 106 Å². The molecule has 0 heterocycles. The van der Waals surface area contributed by atoms with Crippen molar-refractivity contribution in [1.29, 1.82) is 0 Å². The van der Waals surface area contributed by atoms with Gasteiger partial charge in [-0.15, -0.1) is 0 Å². The van der Waals surface area contributed by atoms with Crippen molar-refractivity contribution in [1.82, 2.24) is 0 Å². The van der Waals surface area contributed by atoms with E-state index in [-0.39, 0.29) is 0 Å². The summed E-state index contributed by atoms with van der Waals surface area (Å²) >= 11 is 1.94. The van der Waals surface area contributed by atoms with E-state index in [0.29, 0.717) is 20.6 Å². The molecule has 0 radical (unpaired) electrons. The van der Waals surface area contributed by atoms with Crippen molar-refractivity contribution in [2.75, 3.05) is 7.11 Å². The smallest absolute Gasteiger partial charge is 0.308 e. The first-order chi connectivity index (χ1) is 7.45. The fourth-order valence-electron chi connectivity index (χ4n) is 1.10. The van der Waals surface area contributed by atoms with Crippen molar-refractivity contribution < 1.29 is 19.1 Å². The van der Waals surface area contributed by atoms with Crippen LogP contribution in [0.1, 0.15) is 17.3 Å². The summed E-state index contributed by atoms with van der Waals surface area (Å²) in [7, 11) is 1.42. The molecule has 1 amide bonds. The first-order valence-corrected chi connectivity index (χ1v) is 5.39. The molecule has 0 spiro atoms. The second kappa shape index (κ2) is 5.15. The second-order valence-corrected chi connectivity index (χ2v) is 4.11. The van der Waals surface area contributed by atoms with E-state index < -0.39 is 11.9 Å². The molecule has 1 aromatic rings. The molecule has 16 heavy (non-hydrogen) atoms. The Kier molecular flexibility index (Phi) is 4.11. The van der Waals surface area contributed by atoms with Gasteiger partial charge in [-0.25, -0.2) is 0 Å². The monoisotopic (exact) mass is 335 g/mol. The van der Waals surface area contributed by atoms with Crippen molar-refractivity contribution >= 4 is 34.5 Å². The van der Waals surface area contributed by atoms with E-state index in [1.807, 2.05) is 22.6 Å². The van der Waals surface area contributed by atoms with Crippen molar-refractivity contribution in [3.63, 3.8) is 0 Å². The number of hydrogen-bond acceptors (Lipinski definition) is 4. The minimum Gasteiger partial charge on any atom is -0.493 e. The molecule has 1 rings (SSSR count). The predicted molar refractivity (Wildman–Crippen MR) is 65.5 cm³/mol. The van der Waals surface area contributed by atoms with Crippen LogP contribution in [0.5, 0.6) is 11.5 Å². The van der Waals surface area contributed by atoms with E-state index in [2.05, 4.69) is 0 Å². The van der Waals surface area contributed by atoms with E-state index in [4.69, 9.17) is 15.2 Å². The van der Waals surface area contributed by atoms with Gasteiger partial charge in [0.1, 0.15) is 0 Å². The van der Waals surface area contributed by atoms with Gasteiger partial charge in [0.15, 0.2) is 11.5 Å². The molecule has 86 valence electrons. The third kappa shape index (κ3) is 2.84. The van der Waals surface area contributed by atoms with Crippen LogP contribution in [-0.4, -0.2) is 19.0 Å². The summed E-state index contributed by atoms with van der Waals surface area (Å²) in [4.78, 5) is 21.9. The van der Waals surface area contributed by atoms with Crippen LogP contribution >= 0.6 is 22.6 Å².